The van der Waals surface area contributed by atoms with E-state index < -0.39 is 0 Å². The predicted molar refractivity (Wildman–Crippen MR) is 60.5 cm³/mol. The van der Waals surface area contributed by atoms with Gasteiger partial charge >= 0.3 is 0 Å². The average Bonchev–Trinajstić information content (AvgIpc) is 2.23. The third-order valence-electron chi connectivity index (χ3n) is 2.74. The lowest BCUT2D eigenvalue weighted by atomic mass is 9.97. The Morgan fingerprint density at radius 3 is 2.86 bits per heavy atom. The first kappa shape index (κ1) is 9.81. The van der Waals surface area contributed by atoms with Gasteiger partial charge in [-0.05, 0) is 37.1 Å². The van der Waals surface area contributed by atoms with Crippen LogP contribution >= 0.6 is 11.6 Å². The third kappa shape index (κ3) is 2.02. The standard InChI is InChI=1S/C11H15ClN2/c12-9-7-8(4-5-10(9)13)11-3-1-2-6-14-11/h4-5,7,11,14H,1-3,6,13H2. The molecule has 1 atom stereocenters. The van der Waals surface area contributed by atoms with Gasteiger partial charge in [-0.1, -0.05) is 24.1 Å². The van der Waals surface area contributed by atoms with E-state index in [1.54, 1.807) is 0 Å². The number of hydrogen-bond acceptors (Lipinski definition) is 2. The van der Waals surface area contributed by atoms with E-state index in [0.29, 0.717) is 16.8 Å². The first-order chi connectivity index (χ1) is 6.77. The summed E-state index contributed by atoms with van der Waals surface area (Å²) in [4.78, 5) is 0. The smallest absolute Gasteiger partial charge is 0.0638 e. The largest absolute Gasteiger partial charge is 0.398 e. The Kier molecular flexibility index (Phi) is 2.94. The molecular formula is C11H15ClN2. The van der Waals surface area contributed by atoms with Crippen molar-refractivity contribution in [3.05, 3.63) is 28.8 Å². The lowest BCUT2D eigenvalue weighted by Gasteiger charge is -2.24. The maximum atomic E-state index is 5.98. The molecule has 76 valence electrons. The van der Waals surface area contributed by atoms with Crippen LogP contribution in [0.1, 0.15) is 30.9 Å². The van der Waals surface area contributed by atoms with Crippen molar-refractivity contribution in [1.82, 2.24) is 5.32 Å². The Hall–Kier alpha value is -0.730. The number of nitrogen functional groups attached to an aromatic ring is 1. The van der Waals surface area contributed by atoms with Crippen molar-refractivity contribution >= 4 is 17.3 Å². The number of halogens is 1. The van der Waals surface area contributed by atoms with Crippen molar-refractivity contribution in [3.63, 3.8) is 0 Å². The first-order valence-electron chi connectivity index (χ1n) is 5.05. The van der Waals surface area contributed by atoms with Crippen LogP contribution in [0.25, 0.3) is 0 Å². The molecule has 0 bridgehead atoms. The average molecular weight is 211 g/mol. The van der Waals surface area contributed by atoms with Gasteiger partial charge in [0.15, 0.2) is 0 Å². The number of benzene rings is 1. The summed E-state index contributed by atoms with van der Waals surface area (Å²) in [6.45, 7) is 1.10. The zero-order chi connectivity index (χ0) is 9.97. The van der Waals surface area contributed by atoms with Crippen molar-refractivity contribution in [2.75, 3.05) is 12.3 Å². The maximum absolute atomic E-state index is 5.98. The number of anilines is 1. The highest BCUT2D eigenvalue weighted by molar-refractivity contribution is 6.33. The van der Waals surface area contributed by atoms with Crippen LogP contribution in [0.4, 0.5) is 5.69 Å². The van der Waals surface area contributed by atoms with Crippen LogP contribution < -0.4 is 11.1 Å². The molecular weight excluding hydrogens is 196 g/mol. The molecule has 3 heteroatoms. The summed E-state index contributed by atoms with van der Waals surface area (Å²) in [6, 6.07) is 6.37. The third-order valence-corrected chi connectivity index (χ3v) is 3.06. The molecule has 1 fully saturated rings. The molecule has 3 N–H and O–H groups in total. The van der Waals surface area contributed by atoms with Gasteiger partial charge in [0.25, 0.3) is 0 Å². The monoisotopic (exact) mass is 210 g/mol. The Morgan fingerprint density at radius 1 is 1.36 bits per heavy atom. The molecule has 2 rings (SSSR count). The van der Waals surface area contributed by atoms with Gasteiger partial charge in [0.05, 0.1) is 10.7 Å². The quantitative estimate of drug-likeness (QED) is 0.700. The Bertz CT molecular complexity index is 319. The van der Waals surface area contributed by atoms with E-state index in [-0.39, 0.29) is 0 Å². The summed E-state index contributed by atoms with van der Waals surface area (Å²) in [7, 11) is 0. The van der Waals surface area contributed by atoms with E-state index in [1.807, 2.05) is 12.1 Å². The normalized spacial score (nSPS) is 22.2. The molecule has 0 saturated carbocycles. The second-order valence-electron chi connectivity index (χ2n) is 3.78. The molecule has 1 unspecified atom stereocenters. The Labute approximate surface area is 89.4 Å². The highest BCUT2D eigenvalue weighted by Crippen LogP contribution is 2.27. The van der Waals surface area contributed by atoms with Crippen LogP contribution in [0, 0.1) is 0 Å². The fourth-order valence-corrected chi connectivity index (χ4v) is 2.09. The molecule has 0 radical (unpaired) electrons. The molecule has 1 aromatic rings. The van der Waals surface area contributed by atoms with Crippen molar-refractivity contribution in [3.8, 4) is 0 Å². The second-order valence-corrected chi connectivity index (χ2v) is 4.19. The number of hydrogen-bond donors (Lipinski definition) is 2. The van der Waals surface area contributed by atoms with E-state index in [4.69, 9.17) is 17.3 Å². The number of nitrogens with one attached hydrogen (secondary N) is 1. The van der Waals surface area contributed by atoms with Gasteiger partial charge in [0.1, 0.15) is 0 Å². The minimum absolute atomic E-state index is 0.460. The van der Waals surface area contributed by atoms with Crippen molar-refractivity contribution < 1.29 is 0 Å². The summed E-state index contributed by atoms with van der Waals surface area (Å²) >= 11 is 5.98. The van der Waals surface area contributed by atoms with Crippen molar-refractivity contribution in [2.45, 2.75) is 25.3 Å². The summed E-state index contributed by atoms with van der Waals surface area (Å²) in [5, 5.41) is 4.14. The molecule has 1 aliphatic rings. The molecule has 14 heavy (non-hydrogen) atoms. The maximum Gasteiger partial charge on any atom is 0.0638 e. The molecule has 1 aliphatic heterocycles. The van der Waals surface area contributed by atoms with Crippen molar-refractivity contribution in [2.24, 2.45) is 0 Å². The predicted octanol–water partition coefficient (Wildman–Crippen LogP) is 2.74. The lowest BCUT2D eigenvalue weighted by molar-refractivity contribution is 0.412. The van der Waals surface area contributed by atoms with E-state index in [2.05, 4.69) is 11.4 Å². The van der Waals surface area contributed by atoms with Gasteiger partial charge in [0.2, 0.25) is 0 Å². The van der Waals surface area contributed by atoms with Gasteiger partial charge < -0.3 is 11.1 Å². The van der Waals surface area contributed by atoms with Crippen LogP contribution in [-0.2, 0) is 0 Å². The number of piperidine rings is 1. The highest BCUT2D eigenvalue weighted by atomic mass is 35.5. The molecule has 0 aromatic heterocycles. The summed E-state index contributed by atoms with van der Waals surface area (Å²) in [5.41, 5.74) is 7.58. The molecule has 1 heterocycles. The zero-order valence-electron chi connectivity index (χ0n) is 8.09. The summed E-state index contributed by atoms with van der Waals surface area (Å²) in [5.74, 6) is 0. The van der Waals surface area contributed by atoms with Crippen molar-refractivity contribution in [1.29, 1.82) is 0 Å². The zero-order valence-corrected chi connectivity index (χ0v) is 8.85. The fourth-order valence-electron chi connectivity index (χ4n) is 1.90. The van der Waals surface area contributed by atoms with Crippen LogP contribution in [0.5, 0.6) is 0 Å². The fraction of sp³-hybridized carbons (Fsp3) is 0.455. The molecule has 0 spiro atoms. The Balaban J connectivity index is 2.18. The van der Waals surface area contributed by atoms with Gasteiger partial charge in [-0.2, -0.15) is 0 Å². The topological polar surface area (TPSA) is 38.0 Å². The lowest BCUT2D eigenvalue weighted by Crippen LogP contribution is -2.26. The SMILES string of the molecule is Nc1ccc(C2CCCCN2)cc1Cl. The van der Waals surface area contributed by atoms with E-state index in [1.165, 1.54) is 24.8 Å². The minimum atomic E-state index is 0.460. The van der Waals surface area contributed by atoms with Crippen LogP contribution in [0.15, 0.2) is 18.2 Å². The van der Waals surface area contributed by atoms with Crippen LogP contribution in [0.3, 0.4) is 0 Å². The van der Waals surface area contributed by atoms with Crippen LogP contribution in [-0.4, -0.2) is 6.54 Å². The van der Waals surface area contributed by atoms with Gasteiger partial charge in [-0.25, -0.2) is 0 Å². The van der Waals surface area contributed by atoms with E-state index >= 15 is 0 Å². The van der Waals surface area contributed by atoms with E-state index in [9.17, 15) is 0 Å². The highest BCUT2D eigenvalue weighted by Gasteiger charge is 2.14. The number of nitrogens with two attached hydrogens (primary N) is 1. The summed E-state index contributed by atoms with van der Waals surface area (Å²) in [6.07, 6.45) is 3.76. The number of rotatable bonds is 1. The summed E-state index contributed by atoms with van der Waals surface area (Å²) < 4.78 is 0. The van der Waals surface area contributed by atoms with Crippen LogP contribution in [0.2, 0.25) is 5.02 Å². The Morgan fingerprint density at radius 2 is 2.21 bits per heavy atom. The van der Waals surface area contributed by atoms with Gasteiger partial charge in [0, 0.05) is 6.04 Å². The molecule has 2 nitrogen and oxygen atoms in total. The van der Waals surface area contributed by atoms with E-state index in [0.717, 1.165) is 6.54 Å². The second kappa shape index (κ2) is 4.20. The first-order valence-corrected chi connectivity index (χ1v) is 5.43. The molecule has 1 aromatic carbocycles. The van der Waals surface area contributed by atoms with Gasteiger partial charge in [-0.15, -0.1) is 0 Å². The molecule has 0 amide bonds. The minimum Gasteiger partial charge on any atom is -0.398 e. The molecule has 0 aliphatic carbocycles. The van der Waals surface area contributed by atoms with Gasteiger partial charge in [-0.3, -0.25) is 0 Å². The molecule has 1 saturated heterocycles.